The Morgan fingerprint density at radius 3 is 2.88 bits per heavy atom. The van der Waals surface area contributed by atoms with E-state index in [1.165, 1.54) is 0 Å². The fourth-order valence-electron chi connectivity index (χ4n) is 2.94. The monoisotopic (exact) mass is 315 g/mol. The van der Waals surface area contributed by atoms with Crippen LogP contribution in [0.3, 0.4) is 0 Å². The summed E-state index contributed by atoms with van der Waals surface area (Å²) in [5.41, 5.74) is 5.62. The molecule has 0 fully saturated rings. The van der Waals surface area contributed by atoms with Gasteiger partial charge in [0, 0.05) is 59.3 Å². The van der Waals surface area contributed by atoms with Crippen molar-refractivity contribution in [3.63, 3.8) is 0 Å². The lowest BCUT2D eigenvalue weighted by Gasteiger charge is -1.98. The summed E-state index contributed by atoms with van der Waals surface area (Å²) in [5, 5.41) is 13.7. The van der Waals surface area contributed by atoms with Crippen molar-refractivity contribution in [2.24, 2.45) is 7.05 Å². The van der Waals surface area contributed by atoms with E-state index in [4.69, 9.17) is 0 Å². The number of H-pyrrole nitrogens is 2. The average molecular weight is 315 g/mol. The van der Waals surface area contributed by atoms with Crippen LogP contribution in [-0.4, -0.2) is 34.9 Å². The molecule has 0 aromatic carbocycles. The van der Waals surface area contributed by atoms with Gasteiger partial charge < -0.3 is 4.98 Å². The Kier molecular flexibility index (Phi) is 2.58. The van der Waals surface area contributed by atoms with Crippen LogP contribution in [0.5, 0.6) is 0 Å². The van der Waals surface area contributed by atoms with Crippen molar-refractivity contribution < 1.29 is 0 Å². The molecule has 0 atom stereocenters. The van der Waals surface area contributed by atoms with E-state index < -0.39 is 0 Å². The van der Waals surface area contributed by atoms with Crippen molar-refractivity contribution in [1.29, 1.82) is 0 Å². The SMILES string of the molecule is Cn1cc(-c2cnc3[nH]nc(-c4cc5cnccc5[nH]4)c3c2)cn1. The maximum absolute atomic E-state index is 4.49. The number of nitrogens with one attached hydrogen (secondary N) is 2. The normalized spacial score (nSPS) is 11.5. The minimum atomic E-state index is 0.759. The zero-order valence-electron chi connectivity index (χ0n) is 12.9. The number of pyridine rings is 2. The Hall–Kier alpha value is -3.48. The van der Waals surface area contributed by atoms with E-state index >= 15 is 0 Å². The lowest BCUT2D eigenvalue weighted by molar-refractivity contribution is 0.768. The highest BCUT2D eigenvalue weighted by Crippen LogP contribution is 2.30. The first-order chi connectivity index (χ1) is 11.8. The zero-order chi connectivity index (χ0) is 16.1. The van der Waals surface area contributed by atoms with Crippen molar-refractivity contribution >= 4 is 21.9 Å². The topological polar surface area (TPSA) is 88.1 Å². The van der Waals surface area contributed by atoms with Gasteiger partial charge in [-0.1, -0.05) is 0 Å². The Balaban J connectivity index is 1.70. The second-order valence-corrected chi connectivity index (χ2v) is 5.74. The Labute approximate surface area is 136 Å². The number of aromatic nitrogens is 7. The third-order valence-corrected chi connectivity index (χ3v) is 4.13. The van der Waals surface area contributed by atoms with E-state index in [-0.39, 0.29) is 0 Å². The molecule has 5 heterocycles. The average Bonchev–Trinajstić information content (AvgIpc) is 3.30. The molecule has 116 valence electrons. The first-order valence-corrected chi connectivity index (χ1v) is 7.54. The Bertz CT molecular complexity index is 1150. The van der Waals surface area contributed by atoms with Crippen LogP contribution >= 0.6 is 0 Å². The summed E-state index contributed by atoms with van der Waals surface area (Å²) in [6.07, 6.45) is 9.24. The minimum absolute atomic E-state index is 0.759. The molecule has 0 aliphatic heterocycles. The van der Waals surface area contributed by atoms with Crippen LogP contribution in [0.1, 0.15) is 0 Å². The Morgan fingerprint density at radius 1 is 1.08 bits per heavy atom. The van der Waals surface area contributed by atoms with E-state index in [2.05, 4.69) is 42.4 Å². The van der Waals surface area contributed by atoms with Crippen molar-refractivity contribution in [2.75, 3.05) is 0 Å². The highest BCUT2D eigenvalue weighted by atomic mass is 15.2. The van der Waals surface area contributed by atoms with E-state index in [9.17, 15) is 0 Å². The highest BCUT2D eigenvalue weighted by molar-refractivity contribution is 5.95. The largest absolute Gasteiger partial charge is 0.353 e. The van der Waals surface area contributed by atoms with Gasteiger partial charge in [0.05, 0.1) is 11.9 Å². The molecule has 0 bridgehead atoms. The second kappa shape index (κ2) is 4.76. The fraction of sp³-hybridized carbons (Fsp3) is 0.0588. The fourth-order valence-corrected chi connectivity index (χ4v) is 2.94. The third-order valence-electron chi connectivity index (χ3n) is 4.13. The van der Waals surface area contributed by atoms with Crippen molar-refractivity contribution in [2.45, 2.75) is 0 Å². The van der Waals surface area contributed by atoms with E-state index in [0.717, 1.165) is 44.5 Å². The molecular formula is C17H13N7. The minimum Gasteiger partial charge on any atom is -0.353 e. The molecule has 0 aliphatic rings. The van der Waals surface area contributed by atoms with Gasteiger partial charge in [0.1, 0.15) is 5.69 Å². The maximum atomic E-state index is 4.49. The van der Waals surface area contributed by atoms with Crippen LogP contribution < -0.4 is 0 Å². The molecule has 0 radical (unpaired) electrons. The molecule has 5 rings (SSSR count). The smallest absolute Gasteiger partial charge is 0.155 e. The maximum Gasteiger partial charge on any atom is 0.155 e. The lowest BCUT2D eigenvalue weighted by atomic mass is 10.1. The number of hydrogen-bond acceptors (Lipinski definition) is 4. The molecule has 0 spiro atoms. The molecule has 2 N–H and O–H groups in total. The van der Waals surface area contributed by atoms with Crippen LogP contribution in [0.25, 0.3) is 44.5 Å². The predicted octanol–water partition coefficient (Wildman–Crippen LogP) is 2.90. The van der Waals surface area contributed by atoms with Crippen LogP contribution in [0.4, 0.5) is 0 Å². The molecule has 24 heavy (non-hydrogen) atoms. The van der Waals surface area contributed by atoms with Gasteiger partial charge in [0.25, 0.3) is 0 Å². The standard InChI is InChI=1S/C17H13N7/c1-24-9-12(8-20-24)10-4-13-16(22-23-17(13)19-7-10)15-5-11-6-18-3-2-14(11)21-15/h2-9,21H,1H3,(H,19,22,23). The molecule has 0 saturated heterocycles. The van der Waals surface area contributed by atoms with Crippen LogP contribution in [0, 0.1) is 0 Å². The molecular weight excluding hydrogens is 302 g/mol. The van der Waals surface area contributed by atoms with Gasteiger partial charge in [-0.2, -0.15) is 10.2 Å². The first-order valence-electron chi connectivity index (χ1n) is 7.54. The summed E-state index contributed by atoms with van der Waals surface area (Å²) in [6, 6.07) is 6.09. The number of aromatic amines is 2. The number of nitrogens with zero attached hydrogens (tertiary/aromatic N) is 5. The quantitative estimate of drug-likeness (QED) is 0.524. The first kappa shape index (κ1) is 13.0. The van der Waals surface area contributed by atoms with Crippen molar-refractivity contribution in [1.82, 2.24) is 34.9 Å². The summed E-state index contributed by atoms with van der Waals surface area (Å²) in [5.74, 6) is 0. The van der Waals surface area contributed by atoms with Gasteiger partial charge >= 0.3 is 0 Å². The molecule has 0 unspecified atom stereocenters. The van der Waals surface area contributed by atoms with Gasteiger partial charge in [-0.3, -0.25) is 14.8 Å². The molecule has 7 heteroatoms. The Morgan fingerprint density at radius 2 is 2.04 bits per heavy atom. The lowest BCUT2D eigenvalue weighted by Crippen LogP contribution is -1.84. The van der Waals surface area contributed by atoms with Gasteiger partial charge in [-0.05, 0) is 18.2 Å². The number of hydrogen-bond donors (Lipinski definition) is 2. The van der Waals surface area contributed by atoms with Crippen molar-refractivity contribution in [3.8, 4) is 22.5 Å². The van der Waals surface area contributed by atoms with Gasteiger partial charge in [-0.25, -0.2) is 4.98 Å². The van der Waals surface area contributed by atoms with E-state index in [1.807, 2.05) is 37.9 Å². The molecule has 0 amide bonds. The molecule has 7 nitrogen and oxygen atoms in total. The number of rotatable bonds is 2. The van der Waals surface area contributed by atoms with Gasteiger partial charge in [-0.15, -0.1) is 0 Å². The van der Waals surface area contributed by atoms with Crippen LogP contribution in [0.2, 0.25) is 0 Å². The van der Waals surface area contributed by atoms with Crippen LogP contribution in [-0.2, 0) is 7.05 Å². The number of fused-ring (bicyclic) bond motifs is 2. The third kappa shape index (κ3) is 1.91. The summed E-state index contributed by atoms with van der Waals surface area (Å²) < 4.78 is 1.78. The summed E-state index contributed by atoms with van der Waals surface area (Å²) in [7, 11) is 1.90. The zero-order valence-corrected chi connectivity index (χ0v) is 12.9. The molecule has 5 aromatic heterocycles. The summed E-state index contributed by atoms with van der Waals surface area (Å²) in [6.45, 7) is 0. The number of aryl methyl sites for hydroxylation is 1. The summed E-state index contributed by atoms with van der Waals surface area (Å²) in [4.78, 5) is 12.0. The predicted molar refractivity (Wildman–Crippen MR) is 91.2 cm³/mol. The van der Waals surface area contributed by atoms with Gasteiger partial charge in [0.15, 0.2) is 5.65 Å². The highest BCUT2D eigenvalue weighted by Gasteiger charge is 2.13. The molecule has 0 saturated carbocycles. The molecule has 5 aromatic rings. The van der Waals surface area contributed by atoms with E-state index in [1.54, 1.807) is 10.9 Å². The van der Waals surface area contributed by atoms with Crippen LogP contribution in [0.15, 0.2) is 49.2 Å². The molecule has 0 aliphatic carbocycles. The van der Waals surface area contributed by atoms with E-state index in [0.29, 0.717) is 0 Å². The summed E-state index contributed by atoms with van der Waals surface area (Å²) >= 11 is 0. The second-order valence-electron chi connectivity index (χ2n) is 5.74. The van der Waals surface area contributed by atoms with Gasteiger partial charge in [0.2, 0.25) is 0 Å². The van der Waals surface area contributed by atoms with Crippen molar-refractivity contribution in [3.05, 3.63) is 49.2 Å².